The zero-order valence-corrected chi connectivity index (χ0v) is 15.6. The second kappa shape index (κ2) is 7.78. The van der Waals surface area contributed by atoms with Crippen LogP contribution in [0.2, 0.25) is 0 Å². The zero-order valence-electron chi connectivity index (χ0n) is 15.6. The number of H-pyrrole nitrogens is 1. The number of aromatic amines is 1. The first-order chi connectivity index (χ1) is 13.2. The van der Waals surface area contributed by atoms with E-state index in [0.29, 0.717) is 12.3 Å². The predicted octanol–water partition coefficient (Wildman–Crippen LogP) is 3.63. The zero-order chi connectivity index (χ0) is 18.6. The van der Waals surface area contributed by atoms with Gasteiger partial charge in [-0.3, -0.25) is 4.79 Å². The Morgan fingerprint density at radius 2 is 2.15 bits per heavy atom. The first-order valence-electron chi connectivity index (χ1n) is 9.58. The van der Waals surface area contributed by atoms with Crippen LogP contribution in [0.15, 0.2) is 48.9 Å². The largest absolute Gasteiger partial charge is 0.376 e. The molecule has 2 atom stereocenters. The highest BCUT2D eigenvalue weighted by Crippen LogP contribution is 2.28. The molecule has 6 nitrogen and oxygen atoms in total. The number of nitrogens with one attached hydrogen (secondary N) is 2. The van der Waals surface area contributed by atoms with Crippen LogP contribution >= 0.6 is 0 Å². The molecule has 0 spiro atoms. The van der Waals surface area contributed by atoms with Gasteiger partial charge in [-0.05, 0) is 43.9 Å². The molecule has 6 heteroatoms. The van der Waals surface area contributed by atoms with Crippen LogP contribution < -0.4 is 10.2 Å². The van der Waals surface area contributed by atoms with Crippen LogP contribution in [-0.4, -0.2) is 39.9 Å². The van der Waals surface area contributed by atoms with Gasteiger partial charge in [0.05, 0.1) is 11.4 Å². The third-order valence-electron chi connectivity index (χ3n) is 5.28. The lowest BCUT2D eigenvalue weighted by Crippen LogP contribution is -2.38. The Bertz CT molecular complexity index is 907. The number of Topliss-reactive ketones (excluding diaryl/α,β-unsaturated/α-hetero) is 1. The third-order valence-corrected chi connectivity index (χ3v) is 5.28. The van der Waals surface area contributed by atoms with Crippen molar-refractivity contribution in [2.45, 2.75) is 32.2 Å². The standard InChI is InChI=1S/C21H25N5O/c1-15(25-17-7-3-2-4-8-17)19(27)12-16-6-5-11-26(13-16)21-18-9-10-22-20(18)23-14-24-21/h2-4,7-10,14-16,25H,5-6,11-13H2,1H3,(H,22,23,24)/t15-,16?/m0/s1. The third kappa shape index (κ3) is 3.94. The summed E-state index contributed by atoms with van der Waals surface area (Å²) in [6.45, 7) is 3.78. The molecule has 0 amide bonds. The quantitative estimate of drug-likeness (QED) is 0.699. The number of para-hydroxylation sites is 1. The van der Waals surface area contributed by atoms with E-state index in [9.17, 15) is 4.79 Å². The fourth-order valence-corrected chi connectivity index (χ4v) is 3.86. The summed E-state index contributed by atoms with van der Waals surface area (Å²) in [5.74, 6) is 1.59. The summed E-state index contributed by atoms with van der Waals surface area (Å²) in [6, 6.07) is 11.7. The van der Waals surface area contributed by atoms with E-state index in [0.717, 1.165) is 48.5 Å². The second-order valence-corrected chi connectivity index (χ2v) is 7.29. The number of benzene rings is 1. The number of aromatic nitrogens is 3. The van der Waals surface area contributed by atoms with Gasteiger partial charge in [0.25, 0.3) is 0 Å². The topological polar surface area (TPSA) is 73.9 Å². The lowest BCUT2D eigenvalue weighted by molar-refractivity contribution is -0.120. The number of anilines is 2. The van der Waals surface area contributed by atoms with Gasteiger partial charge in [0, 0.05) is 31.4 Å². The van der Waals surface area contributed by atoms with Gasteiger partial charge in [-0.15, -0.1) is 0 Å². The van der Waals surface area contributed by atoms with Crippen molar-refractivity contribution in [2.75, 3.05) is 23.3 Å². The molecule has 1 aliphatic heterocycles. The predicted molar refractivity (Wildman–Crippen MR) is 108 cm³/mol. The number of carbonyl (C=O) groups excluding carboxylic acids is 1. The Kier molecular flexibility index (Phi) is 5.05. The Balaban J connectivity index is 1.39. The van der Waals surface area contributed by atoms with Gasteiger partial charge < -0.3 is 15.2 Å². The smallest absolute Gasteiger partial charge is 0.155 e. The SMILES string of the molecule is C[C@H](Nc1ccccc1)C(=O)CC1CCCN(c2ncnc3[nH]ccc23)C1. The van der Waals surface area contributed by atoms with Crippen LogP contribution in [0.5, 0.6) is 0 Å². The summed E-state index contributed by atoms with van der Waals surface area (Å²) < 4.78 is 0. The minimum atomic E-state index is -0.182. The fraction of sp³-hybridized carbons (Fsp3) is 0.381. The number of fused-ring (bicyclic) bond motifs is 1. The summed E-state index contributed by atoms with van der Waals surface area (Å²) in [7, 11) is 0. The number of ketones is 1. The van der Waals surface area contributed by atoms with Crippen LogP contribution in [0, 0.1) is 5.92 Å². The highest BCUT2D eigenvalue weighted by molar-refractivity contribution is 5.88. The minimum absolute atomic E-state index is 0.182. The summed E-state index contributed by atoms with van der Waals surface area (Å²) in [5.41, 5.74) is 1.85. The van der Waals surface area contributed by atoms with Crippen LogP contribution in [-0.2, 0) is 4.79 Å². The number of rotatable bonds is 6. The van der Waals surface area contributed by atoms with Gasteiger partial charge in [0.1, 0.15) is 17.8 Å². The van der Waals surface area contributed by atoms with Crippen molar-refractivity contribution >= 4 is 28.3 Å². The molecule has 140 valence electrons. The summed E-state index contributed by atoms with van der Waals surface area (Å²) >= 11 is 0. The van der Waals surface area contributed by atoms with Gasteiger partial charge in [0.15, 0.2) is 5.78 Å². The molecule has 27 heavy (non-hydrogen) atoms. The van der Waals surface area contributed by atoms with E-state index in [2.05, 4.69) is 25.2 Å². The monoisotopic (exact) mass is 363 g/mol. The highest BCUT2D eigenvalue weighted by Gasteiger charge is 2.26. The van der Waals surface area contributed by atoms with Gasteiger partial charge >= 0.3 is 0 Å². The molecule has 3 aromatic rings. The van der Waals surface area contributed by atoms with Crippen LogP contribution in [0.25, 0.3) is 11.0 Å². The average molecular weight is 363 g/mol. The number of hydrogen-bond donors (Lipinski definition) is 2. The normalized spacial score (nSPS) is 18.4. The molecular weight excluding hydrogens is 338 g/mol. The molecule has 0 bridgehead atoms. The van der Waals surface area contributed by atoms with Crippen LogP contribution in [0.4, 0.5) is 11.5 Å². The number of carbonyl (C=O) groups is 1. The number of hydrogen-bond acceptors (Lipinski definition) is 5. The molecule has 1 aromatic carbocycles. The van der Waals surface area contributed by atoms with E-state index < -0.39 is 0 Å². The van der Waals surface area contributed by atoms with E-state index in [4.69, 9.17) is 0 Å². The maximum Gasteiger partial charge on any atom is 0.155 e. The second-order valence-electron chi connectivity index (χ2n) is 7.29. The van der Waals surface area contributed by atoms with Gasteiger partial charge in [-0.25, -0.2) is 9.97 Å². The molecule has 2 N–H and O–H groups in total. The first kappa shape index (κ1) is 17.5. The molecule has 1 aliphatic rings. The summed E-state index contributed by atoms with van der Waals surface area (Å²) in [5, 5.41) is 4.35. The Morgan fingerprint density at radius 1 is 1.30 bits per heavy atom. The lowest BCUT2D eigenvalue weighted by atomic mass is 9.91. The molecule has 3 heterocycles. The molecule has 4 rings (SSSR count). The maximum absolute atomic E-state index is 12.7. The van der Waals surface area contributed by atoms with E-state index in [1.54, 1.807) is 6.33 Å². The van der Waals surface area contributed by atoms with Gasteiger partial charge in [-0.1, -0.05) is 18.2 Å². The molecule has 0 aliphatic carbocycles. The summed E-state index contributed by atoms with van der Waals surface area (Å²) in [4.78, 5) is 26.9. The number of piperidine rings is 1. The molecule has 0 radical (unpaired) electrons. The molecule has 1 saturated heterocycles. The Hall–Kier alpha value is -2.89. The molecule has 1 unspecified atom stereocenters. The lowest BCUT2D eigenvalue weighted by Gasteiger charge is -2.34. The van der Waals surface area contributed by atoms with Crippen molar-refractivity contribution in [2.24, 2.45) is 5.92 Å². The van der Waals surface area contributed by atoms with Crippen LogP contribution in [0.3, 0.4) is 0 Å². The minimum Gasteiger partial charge on any atom is -0.376 e. The van der Waals surface area contributed by atoms with Crippen molar-refractivity contribution in [1.82, 2.24) is 15.0 Å². The Labute approximate surface area is 159 Å². The first-order valence-corrected chi connectivity index (χ1v) is 9.58. The van der Waals surface area contributed by atoms with Crippen molar-refractivity contribution in [3.63, 3.8) is 0 Å². The van der Waals surface area contributed by atoms with Crippen molar-refractivity contribution in [3.8, 4) is 0 Å². The molecule has 1 fully saturated rings. The van der Waals surface area contributed by atoms with Crippen molar-refractivity contribution in [1.29, 1.82) is 0 Å². The van der Waals surface area contributed by atoms with Crippen molar-refractivity contribution < 1.29 is 4.79 Å². The van der Waals surface area contributed by atoms with E-state index in [-0.39, 0.29) is 11.8 Å². The average Bonchev–Trinajstić information content (AvgIpc) is 3.18. The van der Waals surface area contributed by atoms with Gasteiger partial charge in [-0.2, -0.15) is 0 Å². The highest BCUT2D eigenvalue weighted by atomic mass is 16.1. The van der Waals surface area contributed by atoms with E-state index >= 15 is 0 Å². The molecule has 2 aromatic heterocycles. The van der Waals surface area contributed by atoms with Gasteiger partial charge in [0.2, 0.25) is 0 Å². The van der Waals surface area contributed by atoms with E-state index in [1.807, 2.05) is 49.5 Å². The molecular formula is C21H25N5O. The maximum atomic E-state index is 12.7. The van der Waals surface area contributed by atoms with E-state index in [1.165, 1.54) is 0 Å². The summed E-state index contributed by atoms with van der Waals surface area (Å²) in [6.07, 6.45) is 6.26. The fourth-order valence-electron chi connectivity index (χ4n) is 3.86. The number of nitrogens with zero attached hydrogens (tertiary/aromatic N) is 3. The Morgan fingerprint density at radius 3 is 3.00 bits per heavy atom. The molecule has 0 saturated carbocycles. The van der Waals surface area contributed by atoms with Crippen molar-refractivity contribution in [3.05, 3.63) is 48.9 Å². The van der Waals surface area contributed by atoms with Crippen LogP contribution in [0.1, 0.15) is 26.2 Å².